The number of aryl methyl sites for hydroxylation is 1. The molecule has 108 valence electrons. The molecule has 1 amide bonds. The number of phenols is 1. The van der Waals surface area contributed by atoms with Crippen molar-refractivity contribution in [3.05, 3.63) is 53.3 Å². The topological polar surface area (TPSA) is 61.4 Å². The van der Waals surface area contributed by atoms with Gasteiger partial charge in [0.15, 0.2) is 0 Å². The quantitative estimate of drug-likeness (QED) is 0.794. The fraction of sp³-hybridized carbons (Fsp3) is 0.188. The summed E-state index contributed by atoms with van der Waals surface area (Å²) in [5, 5.41) is 15.2. The lowest BCUT2D eigenvalue weighted by molar-refractivity contribution is 0.102. The van der Waals surface area contributed by atoms with Gasteiger partial charge in [-0.2, -0.15) is 0 Å². The van der Waals surface area contributed by atoms with Crippen LogP contribution in [-0.4, -0.2) is 17.6 Å². The molecule has 5 heteroatoms. The molecule has 3 N–H and O–H groups in total. The van der Waals surface area contributed by atoms with Gasteiger partial charge in [0.1, 0.15) is 11.6 Å². The molecule has 4 nitrogen and oxygen atoms in total. The number of hydrogen-bond donors (Lipinski definition) is 3. The van der Waals surface area contributed by atoms with Crippen LogP contribution in [0.4, 0.5) is 15.8 Å². The molecule has 0 unspecified atom stereocenters. The van der Waals surface area contributed by atoms with Gasteiger partial charge in [-0.15, -0.1) is 0 Å². The highest BCUT2D eigenvalue weighted by Gasteiger charge is 2.17. The smallest absolute Gasteiger partial charge is 0.258 e. The first-order chi connectivity index (χ1) is 10.1. The maximum Gasteiger partial charge on any atom is 0.258 e. The lowest BCUT2D eigenvalue weighted by Crippen LogP contribution is -2.18. The summed E-state index contributed by atoms with van der Waals surface area (Å²) in [6, 6.07) is 9.15. The van der Waals surface area contributed by atoms with Crippen molar-refractivity contribution in [2.45, 2.75) is 12.8 Å². The number of nitrogens with one attached hydrogen (secondary N) is 2. The van der Waals surface area contributed by atoms with Gasteiger partial charge in [-0.1, -0.05) is 12.1 Å². The van der Waals surface area contributed by atoms with Crippen LogP contribution in [0, 0.1) is 5.82 Å². The third-order valence-electron chi connectivity index (χ3n) is 3.52. The number of phenolic OH excluding ortho intramolecular Hbond substituents is 1. The van der Waals surface area contributed by atoms with E-state index in [0.29, 0.717) is 5.69 Å². The largest absolute Gasteiger partial charge is 0.508 e. The molecule has 0 saturated heterocycles. The van der Waals surface area contributed by atoms with Crippen molar-refractivity contribution in [1.29, 1.82) is 0 Å². The first-order valence-corrected chi connectivity index (χ1v) is 6.81. The number of rotatable bonds is 2. The van der Waals surface area contributed by atoms with E-state index in [9.17, 15) is 14.3 Å². The van der Waals surface area contributed by atoms with Gasteiger partial charge in [-0.3, -0.25) is 4.79 Å². The molecule has 1 aliphatic heterocycles. The Morgan fingerprint density at radius 1 is 1.29 bits per heavy atom. The highest BCUT2D eigenvalue weighted by molar-refractivity contribution is 6.06. The fourth-order valence-electron chi connectivity index (χ4n) is 2.49. The first kappa shape index (κ1) is 13.4. The number of hydrogen-bond acceptors (Lipinski definition) is 3. The van der Waals surface area contributed by atoms with E-state index >= 15 is 0 Å². The average Bonchev–Trinajstić information content (AvgIpc) is 2.47. The third kappa shape index (κ3) is 2.67. The number of para-hydroxylation sites is 1. The summed E-state index contributed by atoms with van der Waals surface area (Å²) in [5.74, 6) is -1.48. The van der Waals surface area contributed by atoms with Crippen LogP contribution in [0.2, 0.25) is 0 Å². The van der Waals surface area contributed by atoms with Crippen LogP contribution in [0.15, 0.2) is 36.4 Å². The van der Waals surface area contributed by atoms with E-state index < -0.39 is 11.7 Å². The van der Waals surface area contributed by atoms with E-state index in [-0.39, 0.29) is 11.3 Å². The van der Waals surface area contributed by atoms with Crippen molar-refractivity contribution in [3.8, 4) is 5.75 Å². The highest BCUT2D eigenvalue weighted by Crippen LogP contribution is 2.30. The van der Waals surface area contributed by atoms with Crippen molar-refractivity contribution in [1.82, 2.24) is 0 Å². The molecule has 0 fully saturated rings. The molecule has 0 aromatic heterocycles. The Balaban J connectivity index is 1.88. The Hall–Kier alpha value is -2.56. The minimum absolute atomic E-state index is 0.0961. The molecule has 2 aromatic rings. The van der Waals surface area contributed by atoms with E-state index in [1.807, 2.05) is 12.1 Å². The van der Waals surface area contributed by atoms with Gasteiger partial charge >= 0.3 is 0 Å². The van der Waals surface area contributed by atoms with Gasteiger partial charge in [0.25, 0.3) is 5.91 Å². The second-order valence-electron chi connectivity index (χ2n) is 4.99. The predicted octanol–water partition coefficient (Wildman–Crippen LogP) is 3.14. The minimum Gasteiger partial charge on any atom is -0.508 e. The van der Waals surface area contributed by atoms with Crippen LogP contribution in [0.25, 0.3) is 0 Å². The van der Waals surface area contributed by atoms with Gasteiger partial charge in [0, 0.05) is 12.6 Å². The first-order valence-electron chi connectivity index (χ1n) is 6.81. The number of anilines is 2. The average molecular weight is 286 g/mol. The van der Waals surface area contributed by atoms with Crippen LogP contribution in [-0.2, 0) is 6.42 Å². The molecule has 0 aliphatic carbocycles. The van der Waals surface area contributed by atoms with Crippen LogP contribution < -0.4 is 10.6 Å². The van der Waals surface area contributed by atoms with E-state index in [2.05, 4.69) is 10.6 Å². The lowest BCUT2D eigenvalue weighted by atomic mass is 10.0. The number of amides is 1. The zero-order valence-corrected chi connectivity index (χ0v) is 11.3. The number of benzene rings is 2. The SMILES string of the molecule is O=C(Nc1cccc2c1NCCC2)c1ccc(O)cc1F. The van der Waals surface area contributed by atoms with Crippen molar-refractivity contribution < 1.29 is 14.3 Å². The van der Waals surface area contributed by atoms with E-state index in [1.54, 1.807) is 6.07 Å². The molecule has 1 aliphatic rings. The zero-order valence-electron chi connectivity index (χ0n) is 11.3. The van der Waals surface area contributed by atoms with Crippen molar-refractivity contribution in [3.63, 3.8) is 0 Å². The summed E-state index contributed by atoms with van der Waals surface area (Å²) in [6.45, 7) is 0.855. The molecule has 3 rings (SSSR count). The Labute approximate surface area is 121 Å². The number of carbonyl (C=O) groups is 1. The van der Waals surface area contributed by atoms with Crippen molar-refractivity contribution >= 4 is 17.3 Å². The number of fused-ring (bicyclic) bond motifs is 1. The van der Waals surface area contributed by atoms with Gasteiger partial charge in [-0.05, 0) is 36.6 Å². The maximum absolute atomic E-state index is 13.7. The Bertz CT molecular complexity index is 701. The monoisotopic (exact) mass is 286 g/mol. The van der Waals surface area contributed by atoms with E-state index in [4.69, 9.17) is 0 Å². The maximum atomic E-state index is 13.7. The molecule has 0 spiro atoms. The molecule has 21 heavy (non-hydrogen) atoms. The molecule has 1 heterocycles. The zero-order chi connectivity index (χ0) is 14.8. The molecule has 0 radical (unpaired) electrons. The Morgan fingerprint density at radius 2 is 2.14 bits per heavy atom. The summed E-state index contributed by atoms with van der Waals surface area (Å²) in [6.07, 6.45) is 2.01. The van der Waals surface area contributed by atoms with Crippen molar-refractivity contribution in [2.75, 3.05) is 17.2 Å². The molecular formula is C16H15FN2O2. The lowest BCUT2D eigenvalue weighted by Gasteiger charge is -2.21. The highest BCUT2D eigenvalue weighted by atomic mass is 19.1. The van der Waals surface area contributed by atoms with Gasteiger partial charge in [0.2, 0.25) is 0 Å². The Morgan fingerprint density at radius 3 is 2.95 bits per heavy atom. The van der Waals surface area contributed by atoms with Crippen LogP contribution in [0.5, 0.6) is 5.75 Å². The number of halogens is 1. The van der Waals surface area contributed by atoms with Crippen LogP contribution in [0.3, 0.4) is 0 Å². The standard InChI is InChI=1S/C16H15FN2O2/c17-13-9-11(20)6-7-12(13)16(21)19-14-5-1-3-10-4-2-8-18-15(10)14/h1,3,5-7,9,18,20H,2,4,8H2,(H,19,21). The van der Waals surface area contributed by atoms with Crippen LogP contribution in [0.1, 0.15) is 22.3 Å². The molecule has 2 aromatic carbocycles. The summed E-state index contributed by atoms with van der Waals surface area (Å²) < 4.78 is 13.7. The fourth-order valence-corrected chi connectivity index (χ4v) is 2.49. The minimum atomic E-state index is -0.745. The number of carbonyl (C=O) groups excluding carboxylic acids is 1. The number of aromatic hydroxyl groups is 1. The van der Waals surface area contributed by atoms with Crippen molar-refractivity contribution in [2.24, 2.45) is 0 Å². The van der Waals surface area contributed by atoms with Crippen LogP contribution >= 0.6 is 0 Å². The van der Waals surface area contributed by atoms with Gasteiger partial charge in [0.05, 0.1) is 16.9 Å². The van der Waals surface area contributed by atoms with Gasteiger partial charge < -0.3 is 15.7 Å². The Kier molecular flexibility index (Phi) is 3.48. The second-order valence-corrected chi connectivity index (χ2v) is 4.99. The molecule has 0 atom stereocenters. The van der Waals surface area contributed by atoms with E-state index in [1.165, 1.54) is 12.1 Å². The molecule has 0 saturated carbocycles. The third-order valence-corrected chi connectivity index (χ3v) is 3.52. The molecule has 0 bridgehead atoms. The van der Waals surface area contributed by atoms with Gasteiger partial charge in [-0.25, -0.2) is 4.39 Å². The summed E-state index contributed by atoms with van der Waals surface area (Å²) >= 11 is 0. The molecular weight excluding hydrogens is 271 g/mol. The summed E-state index contributed by atoms with van der Waals surface area (Å²) in [4.78, 5) is 12.2. The summed E-state index contributed by atoms with van der Waals surface area (Å²) in [7, 11) is 0. The summed E-state index contributed by atoms with van der Waals surface area (Å²) in [5.41, 5.74) is 2.59. The van der Waals surface area contributed by atoms with E-state index in [0.717, 1.165) is 36.7 Å². The predicted molar refractivity (Wildman–Crippen MR) is 79.3 cm³/mol. The normalized spacial score (nSPS) is 13.2. The second kappa shape index (κ2) is 5.44.